The van der Waals surface area contributed by atoms with E-state index in [9.17, 15) is 4.79 Å². The summed E-state index contributed by atoms with van der Waals surface area (Å²) in [5.41, 5.74) is 3.64. The molecule has 1 N–H and O–H groups in total. The topological polar surface area (TPSA) is 60.5 Å². The smallest absolute Gasteiger partial charge is 0.399 e. The van der Waals surface area contributed by atoms with Crippen LogP contribution in [-0.4, -0.2) is 29.2 Å². The third-order valence-corrected chi connectivity index (χ3v) is 7.18. The van der Waals surface area contributed by atoms with Gasteiger partial charge in [0.1, 0.15) is 0 Å². The first-order valence-electron chi connectivity index (χ1n) is 10.4. The largest absolute Gasteiger partial charge is 0.496 e. The number of hydrogen-bond acceptors (Lipinski definition) is 4. The average Bonchev–Trinajstić information content (AvgIpc) is 3.31. The minimum absolute atomic E-state index is 0.151. The van der Waals surface area contributed by atoms with E-state index in [2.05, 4.69) is 68.3 Å². The molecule has 3 aliphatic rings. The lowest BCUT2D eigenvalue weighted by molar-refractivity contribution is -0.119. The van der Waals surface area contributed by atoms with Crippen molar-refractivity contribution in [2.45, 2.75) is 64.2 Å². The lowest BCUT2D eigenvalue weighted by Crippen LogP contribution is -2.41. The Kier molecular flexibility index (Phi) is 4.00. The molecule has 2 aromatic rings. The van der Waals surface area contributed by atoms with E-state index in [4.69, 9.17) is 9.31 Å². The maximum absolute atomic E-state index is 11.9. The van der Waals surface area contributed by atoms with Gasteiger partial charge in [0.25, 0.3) is 0 Å². The highest BCUT2D eigenvalue weighted by atomic mass is 16.7. The summed E-state index contributed by atoms with van der Waals surface area (Å²) < 4.78 is 12.3. The molecule has 1 atom stereocenters. The predicted molar refractivity (Wildman–Crippen MR) is 113 cm³/mol. The summed E-state index contributed by atoms with van der Waals surface area (Å²) in [6.07, 6.45) is 6.62. The molecule has 6 heteroatoms. The third-order valence-electron chi connectivity index (χ3n) is 7.18. The molecular formula is C23H27BN2O3. The molecule has 5 nitrogen and oxygen atoms in total. The fraction of sp³-hybridized carbons (Fsp3) is 0.478. The van der Waals surface area contributed by atoms with Gasteiger partial charge in [-0.15, -0.1) is 0 Å². The van der Waals surface area contributed by atoms with E-state index >= 15 is 0 Å². The zero-order valence-electron chi connectivity index (χ0n) is 17.5. The van der Waals surface area contributed by atoms with Gasteiger partial charge in [0.2, 0.25) is 5.91 Å². The number of hydrogen-bond donors (Lipinski definition) is 1. The first kappa shape index (κ1) is 18.8. The van der Waals surface area contributed by atoms with Gasteiger partial charge >= 0.3 is 7.12 Å². The molecule has 0 bridgehead atoms. The van der Waals surface area contributed by atoms with E-state index in [1.165, 1.54) is 5.56 Å². The van der Waals surface area contributed by atoms with Crippen molar-refractivity contribution >= 4 is 18.5 Å². The lowest BCUT2D eigenvalue weighted by Gasteiger charge is -2.32. The van der Waals surface area contributed by atoms with E-state index in [-0.39, 0.29) is 28.6 Å². The Bertz CT molecular complexity index is 950. The SMILES string of the molecule is CC1(C)OB(c2cncc(-c3ccc(C4NC(=O)CC45CC5)cc3)c2)OC1(C)C. The number of benzene rings is 1. The summed E-state index contributed by atoms with van der Waals surface area (Å²) in [4.78, 5) is 16.3. The van der Waals surface area contributed by atoms with Gasteiger partial charge < -0.3 is 14.6 Å². The van der Waals surface area contributed by atoms with Crippen molar-refractivity contribution in [3.63, 3.8) is 0 Å². The molecule has 1 spiro atoms. The van der Waals surface area contributed by atoms with Crippen molar-refractivity contribution in [1.82, 2.24) is 10.3 Å². The Labute approximate surface area is 172 Å². The number of amides is 1. The van der Waals surface area contributed by atoms with E-state index in [0.29, 0.717) is 6.42 Å². The summed E-state index contributed by atoms with van der Waals surface area (Å²) in [7, 11) is -0.421. The van der Waals surface area contributed by atoms with E-state index < -0.39 is 7.12 Å². The average molecular weight is 390 g/mol. The zero-order chi connectivity index (χ0) is 20.4. The highest BCUT2D eigenvalue weighted by Gasteiger charge is 2.56. The van der Waals surface area contributed by atoms with Crippen LogP contribution < -0.4 is 10.8 Å². The Balaban J connectivity index is 1.38. The van der Waals surface area contributed by atoms with Crippen molar-refractivity contribution in [1.29, 1.82) is 0 Å². The highest BCUT2D eigenvalue weighted by molar-refractivity contribution is 6.62. The standard InChI is InChI=1S/C23H27BN2O3/c1-21(2)22(3,4)29-24(28-21)18-11-17(13-25-14-18)15-5-7-16(8-6-15)20-23(9-10-23)12-19(27)26-20/h5-8,11,13-14,20H,9-10,12H2,1-4H3,(H,26,27). The van der Waals surface area contributed by atoms with Gasteiger partial charge in [-0.25, -0.2) is 0 Å². The highest BCUT2D eigenvalue weighted by Crippen LogP contribution is 2.60. The molecule has 5 rings (SSSR count). The van der Waals surface area contributed by atoms with Gasteiger partial charge in [0, 0.05) is 29.7 Å². The van der Waals surface area contributed by atoms with Gasteiger partial charge in [-0.1, -0.05) is 30.3 Å². The molecule has 1 aromatic carbocycles. The zero-order valence-corrected chi connectivity index (χ0v) is 17.5. The van der Waals surface area contributed by atoms with Crippen LogP contribution in [0.5, 0.6) is 0 Å². The van der Waals surface area contributed by atoms with Gasteiger partial charge in [0.15, 0.2) is 0 Å². The third kappa shape index (κ3) is 3.09. The maximum Gasteiger partial charge on any atom is 0.496 e. The summed E-state index contributed by atoms with van der Waals surface area (Å²) in [5, 5.41) is 3.16. The molecule has 3 heterocycles. The van der Waals surface area contributed by atoms with Crippen LogP contribution >= 0.6 is 0 Å². The Morgan fingerprint density at radius 2 is 1.66 bits per heavy atom. The molecule has 3 fully saturated rings. The van der Waals surface area contributed by atoms with E-state index in [1.807, 2.05) is 12.4 Å². The van der Waals surface area contributed by atoms with Crippen molar-refractivity contribution in [3.05, 3.63) is 48.3 Å². The van der Waals surface area contributed by atoms with Crippen LogP contribution in [0.2, 0.25) is 0 Å². The second-order valence-corrected chi connectivity index (χ2v) is 9.76. The molecule has 1 aliphatic carbocycles. The van der Waals surface area contributed by atoms with Gasteiger partial charge in [0.05, 0.1) is 17.2 Å². The predicted octanol–water partition coefficient (Wildman–Crippen LogP) is 3.39. The summed E-state index contributed by atoms with van der Waals surface area (Å²) in [6.45, 7) is 8.21. The van der Waals surface area contributed by atoms with Crippen LogP contribution in [-0.2, 0) is 14.1 Å². The van der Waals surface area contributed by atoms with Crippen molar-refractivity contribution in [3.8, 4) is 11.1 Å². The minimum atomic E-state index is -0.421. The molecule has 1 unspecified atom stereocenters. The molecule has 1 aromatic heterocycles. The summed E-state index contributed by atoms with van der Waals surface area (Å²) in [5.74, 6) is 0.177. The van der Waals surface area contributed by atoms with Crippen molar-refractivity contribution < 1.29 is 14.1 Å². The van der Waals surface area contributed by atoms with Crippen molar-refractivity contribution in [2.24, 2.45) is 5.41 Å². The second kappa shape index (κ2) is 6.16. The Morgan fingerprint density at radius 3 is 2.28 bits per heavy atom. The van der Waals surface area contributed by atoms with Crippen LogP contribution in [0.1, 0.15) is 58.6 Å². The van der Waals surface area contributed by atoms with Crippen LogP contribution in [0.15, 0.2) is 42.7 Å². The molecule has 29 heavy (non-hydrogen) atoms. The van der Waals surface area contributed by atoms with Gasteiger partial charge in [-0.2, -0.15) is 0 Å². The Hall–Kier alpha value is -2.18. The summed E-state index contributed by atoms with van der Waals surface area (Å²) >= 11 is 0. The number of carbonyl (C=O) groups is 1. The fourth-order valence-corrected chi connectivity index (χ4v) is 4.44. The van der Waals surface area contributed by atoms with E-state index in [0.717, 1.165) is 29.4 Å². The van der Waals surface area contributed by atoms with E-state index in [1.54, 1.807) is 0 Å². The Morgan fingerprint density at radius 1 is 1.00 bits per heavy atom. The first-order chi connectivity index (χ1) is 13.7. The monoisotopic (exact) mass is 390 g/mol. The molecule has 2 aliphatic heterocycles. The number of carbonyl (C=O) groups excluding carboxylic acids is 1. The number of rotatable bonds is 3. The number of nitrogens with zero attached hydrogens (tertiary/aromatic N) is 1. The van der Waals surface area contributed by atoms with Gasteiger partial charge in [-0.05, 0) is 57.2 Å². The van der Waals surface area contributed by atoms with Crippen LogP contribution in [0, 0.1) is 5.41 Å². The van der Waals surface area contributed by atoms with Crippen LogP contribution in [0.25, 0.3) is 11.1 Å². The number of pyridine rings is 1. The molecule has 150 valence electrons. The van der Waals surface area contributed by atoms with Crippen molar-refractivity contribution in [2.75, 3.05) is 0 Å². The molecular weight excluding hydrogens is 363 g/mol. The lowest BCUT2D eigenvalue weighted by atomic mass is 9.79. The normalized spacial score (nSPS) is 26.0. The second-order valence-electron chi connectivity index (χ2n) is 9.76. The molecule has 2 saturated heterocycles. The van der Waals surface area contributed by atoms with Gasteiger partial charge in [-0.3, -0.25) is 9.78 Å². The maximum atomic E-state index is 11.9. The van der Waals surface area contributed by atoms with Crippen LogP contribution in [0.4, 0.5) is 0 Å². The molecule has 1 saturated carbocycles. The number of nitrogens with one attached hydrogen (secondary N) is 1. The molecule has 1 amide bonds. The first-order valence-corrected chi connectivity index (χ1v) is 10.4. The fourth-order valence-electron chi connectivity index (χ4n) is 4.44. The molecule has 0 radical (unpaired) electrons. The van der Waals surface area contributed by atoms with Crippen LogP contribution in [0.3, 0.4) is 0 Å². The quantitative estimate of drug-likeness (QED) is 0.817. The summed E-state index contributed by atoms with van der Waals surface area (Å²) in [6, 6.07) is 10.7. The minimum Gasteiger partial charge on any atom is -0.399 e. The number of aromatic nitrogens is 1.